The van der Waals surface area contributed by atoms with Crippen LogP contribution in [0.1, 0.15) is 244 Å². The minimum atomic E-state index is 0.196. The Balaban J connectivity index is 1.50. The number of anilines is 8. The zero-order valence-corrected chi connectivity index (χ0v) is 51.3. The lowest BCUT2D eigenvalue weighted by Gasteiger charge is -2.31. The third-order valence-corrected chi connectivity index (χ3v) is 16.5. The number of phenols is 4. The number of hydrogen-bond donors (Lipinski definition) is 4. The lowest BCUT2D eigenvalue weighted by atomic mass is 10.1. The molecular formula is C72H110N4O4. The van der Waals surface area contributed by atoms with Crippen molar-refractivity contribution in [3.8, 4) is 23.0 Å². The van der Waals surface area contributed by atoms with E-state index in [1.807, 2.05) is 55.1 Å². The standard InChI is InChI=1S/C72H110N4O4/c1-7-11-15-19-23-27-31-35-51-73(52-36-32-28-24-20-16-12-8-2)67-49-47-65(57-71(67)79)76(62-45-43-61(44-46-62)75(63-41-39-59(5)69(77)55-63)64-42-40-60(6)70(78)56-64)66-48-50-68(72(80)58-66)74(53-37-33-29-25-21-17-13-9-3)54-38-34-30-26-22-18-14-10-4/h39-50,55-58,77-80H,7-38,51-54H2,1-6H3. The summed E-state index contributed by atoms with van der Waals surface area (Å²) in [6.45, 7) is 16.6. The number of aryl methyl sites for hydroxylation is 2. The van der Waals surface area contributed by atoms with Crippen LogP contribution in [0.2, 0.25) is 0 Å². The SMILES string of the molecule is CCCCCCCCCCN(CCCCCCCCCC)c1ccc(N(c2ccc(N(c3ccc(C)c(O)c3)c3ccc(C)c(O)c3)cc2)c2ccc(N(CCCCCCCCCC)CCCCCCCCCC)c(O)c2)cc1O. The van der Waals surface area contributed by atoms with Gasteiger partial charge in [0.15, 0.2) is 0 Å². The molecule has 442 valence electrons. The summed E-state index contributed by atoms with van der Waals surface area (Å²) in [5, 5.41) is 46.3. The predicted octanol–water partition coefficient (Wildman–Crippen LogP) is 22.2. The van der Waals surface area contributed by atoms with Crippen LogP contribution in [0.5, 0.6) is 23.0 Å². The van der Waals surface area contributed by atoms with E-state index in [1.54, 1.807) is 12.1 Å². The lowest BCUT2D eigenvalue weighted by Crippen LogP contribution is -2.26. The maximum atomic E-state index is 12.3. The molecule has 0 spiro atoms. The first-order valence-electron chi connectivity index (χ1n) is 32.6. The fourth-order valence-corrected chi connectivity index (χ4v) is 11.4. The number of rotatable bonds is 44. The van der Waals surface area contributed by atoms with Crippen LogP contribution < -0.4 is 19.6 Å². The Morgan fingerprint density at radius 2 is 0.463 bits per heavy atom. The molecule has 0 fully saturated rings. The molecule has 8 nitrogen and oxygen atoms in total. The van der Waals surface area contributed by atoms with Crippen molar-refractivity contribution >= 4 is 45.5 Å². The molecule has 0 atom stereocenters. The molecule has 0 saturated carbocycles. The number of aromatic hydroxyl groups is 4. The molecule has 0 amide bonds. The van der Waals surface area contributed by atoms with E-state index in [9.17, 15) is 20.4 Å². The Bertz CT molecular complexity index is 2250. The molecule has 0 aliphatic rings. The first-order chi connectivity index (χ1) is 39.1. The van der Waals surface area contributed by atoms with Gasteiger partial charge in [-0.3, -0.25) is 0 Å². The Morgan fingerprint density at radius 3 is 0.700 bits per heavy atom. The first kappa shape index (κ1) is 65.3. The van der Waals surface area contributed by atoms with Crippen molar-refractivity contribution in [2.45, 2.75) is 247 Å². The van der Waals surface area contributed by atoms with Crippen molar-refractivity contribution in [1.29, 1.82) is 0 Å². The maximum absolute atomic E-state index is 12.3. The summed E-state index contributed by atoms with van der Waals surface area (Å²) in [4.78, 5) is 9.04. The smallest absolute Gasteiger partial charge is 0.140 e. The summed E-state index contributed by atoms with van der Waals surface area (Å²) in [6, 6.07) is 31.9. The zero-order chi connectivity index (χ0) is 57.2. The molecule has 5 aromatic rings. The first-order valence-corrected chi connectivity index (χ1v) is 32.6. The van der Waals surface area contributed by atoms with Crippen molar-refractivity contribution in [3.05, 3.63) is 108 Å². The molecule has 0 saturated heterocycles. The molecule has 0 aromatic heterocycles. The van der Waals surface area contributed by atoms with Gasteiger partial charge in [0.1, 0.15) is 23.0 Å². The van der Waals surface area contributed by atoms with Gasteiger partial charge in [-0.1, -0.05) is 220 Å². The molecular weight excluding hydrogens is 985 g/mol. The highest BCUT2D eigenvalue weighted by Crippen LogP contribution is 2.45. The van der Waals surface area contributed by atoms with E-state index >= 15 is 0 Å². The van der Waals surface area contributed by atoms with Crippen LogP contribution in [-0.2, 0) is 0 Å². The van der Waals surface area contributed by atoms with Crippen LogP contribution >= 0.6 is 0 Å². The quantitative estimate of drug-likeness (QED) is 0.0287. The second-order valence-corrected chi connectivity index (χ2v) is 23.3. The fraction of sp³-hybridized carbons (Fsp3) is 0.583. The van der Waals surface area contributed by atoms with Gasteiger partial charge in [0.25, 0.3) is 0 Å². The molecule has 0 aliphatic carbocycles. The average molecular weight is 1100 g/mol. The van der Waals surface area contributed by atoms with Gasteiger partial charge in [0, 0.05) is 84.6 Å². The van der Waals surface area contributed by atoms with E-state index in [4.69, 9.17) is 0 Å². The maximum Gasteiger partial charge on any atom is 0.140 e. The van der Waals surface area contributed by atoms with Gasteiger partial charge >= 0.3 is 0 Å². The molecule has 0 radical (unpaired) electrons. The molecule has 0 unspecified atom stereocenters. The van der Waals surface area contributed by atoms with Crippen LogP contribution in [-0.4, -0.2) is 46.6 Å². The molecule has 4 N–H and O–H groups in total. The summed E-state index contributed by atoms with van der Waals surface area (Å²) < 4.78 is 0. The van der Waals surface area contributed by atoms with Gasteiger partial charge in [-0.25, -0.2) is 0 Å². The van der Waals surface area contributed by atoms with Crippen LogP contribution in [0.15, 0.2) is 97.1 Å². The normalized spacial score (nSPS) is 11.4. The number of unbranched alkanes of at least 4 members (excludes halogenated alkanes) is 28. The average Bonchev–Trinajstić information content (AvgIpc) is 3.45. The number of phenolic OH excluding ortho intramolecular Hbond substituents is 4. The van der Waals surface area contributed by atoms with Gasteiger partial charge in [0.05, 0.1) is 11.4 Å². The Morgan fingerprint density at radius 1 is 0.250 bits per heavy atom. The Hall–Kier alpha value is -5.50. The Kier molecular flexibility index (Phi) is 31.2. The molecule has 0 aliphatic heterocycles. The molecule has 5 rings (SSSR count). The summed E-state index contributed by atoms with van der Waals surface area (Å²) >= 11 is 0. The van der Waals surface area contributed by atoms with E-state index in [0.29, 0.717) is 0 Å². The minimum absolute atomic E-state index is 0.196. The fourth-order valence-electron chi connectivity index (χ4n) is 11.4. The van der Waals surface area contributed by atoms with Crippen molar-refractivity contribution < 1.29 is 20.4 Å². The highest BCUT2D eigenvalue weighted by atomic mass is 16.3. The van der Waals surface area contributed by atoms with E-state index in [2.05, 4.69) is 90.9 Å². The highest BCUT2D eigenvalue weighted by molar-refractivity contribution is 5.84. The van der Waals surface area contributed by atoms with E-state index in [0.717, 1.165) is 108 Å². The minimum Gasteiger partial charge on any atom is -0.508 e. The second-order valence-electron chi connectivity index (χ2n) is 23.3. The third kappa shape index (κ3) is 22.4. The summed E-state index contributed by atoms with van der Waals surface area (Å²) in [7, 11) is 0. The summed E-state index contributed by atoms with van der Waals surface area (Å²) in [5.41, 5.74) is 8.12. The van der Waals surface area contributed by atoms with Crippen molar-refractivity contribution in [2.75, 3.05) is 45.8 Å². The summed E-state index contributed by atoms with van der Waals surface area (Å²) in [6.07, 6.45) is 40.4. The van der Waals surface area contributed by atoms with Gasteiger partial charge < -0.3 is 40.0 Å². The van der Waals surface area contributed by atoms with Gasteiger partial charge in [0.2, 0.25) is 0 Å². The Labute approximate surface area is 487 Å². The van der Waals surface area contributed by atoms with E-state index in [1.165, 1.54) is 180 Å². The number of benzene rings is 5. The molecule has 80 heavy (non-hydrogen) atoms. The van der Waals surface area contributed by atoms with Crippen LogP contribution in [0, 0.1) is 13.8 Å². The van der Waals surface area contributed by atoms with E-state index in [-0.39, 0.29) is 23.0 Å². The third-order valence-electron chi connectivity index (χ3n) is 16.5. The summed E-state index contributed by atoms with van der Waals surface area (Å²) in [5.74, 6) is 0.911. The van der Waals surface area contributed by atoms with Crippen molar-refractivity contribution in [2.24, 2.45) is 0 Å². The zero-order valence-electron chi connectivity index (χ0n) is 51.3. The highest BCUT2D eigenvalue weighted by Gasteiger charge is 2.22. The van der Waals surface area contributed by atoms with Crippen LogP contribution in [0.4, 0.5) is 45.5 Å². The largest absolute Gasteiger partial charge is 0.508 e. The van der Waals surface area contributed by atoms with Gasteiger partial charge in [-0.05, 0) is 111 Å². The molecule has 0 heterocycles. The lowest BCUT2D eigenvalue weighted by molar-refractivity contribution is 0.470. The van der Waals surface area contributed by atoms with Crippen molar-refractivity contribution in [1.82, 2.24) is 0 Å². The topological polar surface area (TPSA) is 93.9 Å². The molecule has 5 aromatic carbocycles. The number of nitrogens with zero attached hydrogens (tertiary/aromatic N) is 4. The van der Waals surface area contributed by atoms with Gasteiger partial charge in [-0.2, -0.15) is 0 Å². The predicted molar refractivity (Wildman–Crippen MR) is 347 cm³/mol. The molecule has 8 heteroatoms. The second kappa shape index (κ2) is 38.2. The van der Waals surface area contributed by atoms with Crippen LogP contribution in [0.3, 0.4) is 0 Å². The molecule has 0 bridgehead atoms. The van der Waals surface area contributed by atoms with E-state index < -0.39 is 0 Å². The van der Waals surface area contributed by atoms with Crippen LogP contribution in [0.25, 0.3) is 0 Å². The monoisotopic (exact) mass is 1090 g/mol. The number of hydrogen-bond acceptors (Lipinski definition) is 8. The van der Waals surface area contributed by atoms with Gasteiger partial charge in [-0.15, -0.1) is 0 Å². The van der Waals surface area contributed by atoms with Crippen molar-refractivity contribution in [3.63, 3.8) is 0 Å².